The lowest BCUT2D eigenvalue weighted by atomic mass is 10.1. The van der Waals surface area contributed by atoms with Crippen molar-refractivity contribution in [3.63, 3.8) is 0 Å². The van der Waals surface area contributed by atoms with E-state index in [1.807, 2.05) is 19.9 Å². The van der Waals surface area contributed by atoms with Crippen molar-refractivity contribution in [2.75, 3.05) is 18.8 Å². The minimum Gasteiger partial charge on any atom is -0.399 e. The zero-order valence-corrected chi connectivity index (χ0v) is 12.2. The summed E-state index contributed by atoms with van der Waals surface area (Å²) >= 11 is 0. The molecule has 2 N–H and O–H groups in total. The molecule has 104 valence electrons. The van der Waals surface area contributed by atoms with Gasteiger partial charge in [-0.2, -0.15) is 4.31 Å². The fourth-order valence-electron chi connectivity index (χ4n) is 2.21. The van der Waals surface area contributed by atoms with Gasteiger partial charge in [0.05, 0.1) is 4.90 Å². The Balaban J connectivity index is 2.42. The summed E-state index contributed by atoms with van der Waals surface area (Å²) in [6, 6.07) is 5.12. The number of nitrogen functional groups attached to an aromatic ring is 1. The van der Waals surface area contributed by atoms with E-state index in [9.17, 15) is 8.42 Å². The van der Waals surface area contributed by atoms with Crippen molar-refractivity contribution in [3.8, 4) is 0 Å². The predicted octanol–water partition coefficient (Wildman–Crippen LogP) is 2.17. The largest absolute Gasteiger partial charge is 0.399 e. The first-order chi connectivity index (χ1) is 8.95. The van der Waals surface area contributed by atoms with Crippen molar-refractivity contribution in [2.45, 2.75) is 31.6 Å². The van der Waals surface area contributed by atoms with Gasteiger partial charge in [0.15, 0.2) is 0 Å². The van der Waals surface area contributed by atoms with Crippen LogP contribution in [0.25, 0.3) is 0 Å². The number of hydrogen-bond acceptors (Lipinski definition) is 3. The van der Waals surface area contributed by atoms with Crippen LogP contribution in [0.5, 0.6) is 0 Å². The molecule has 2 rings (SSSR count). The maximum atomic E-state index is 12.7. The summed E-state index contributed by atoms with van der Waals surface area (Å²) in [6.07, 6.45) is 3.44. The van der Waals surface area contributed by atoms with E-state index in [0.29, 0.717) is 30.1 Å². The molecule has 0 bridgehead atoms. The third kappa shape index (κ3) is 2.82. The molecule has 0 amide bonds. The fraction of sp³-hybridized carbons (Fsp3) is 0.429. The monoisotopic (exact) mass is 280 g/mol. The second-order valence-corrected chi connectivity index (χ2v) is 6.79. The van der Waals surface area contributed by atoms with Gasteiger partial charge in [0.2, 0.25) is 10.0 Å². The standard InChI is InChI=1S/C14H20N2O2S/c1-3-12-4-5-13(15)10-14(12)19(17,18)16-8-6-11(2)7-9-16/h4-6,10H,3,7-9,15H2,1-2H3. The van der Waals surface area contributed by atoms with E-state index in [1.54, 1.807) is 18.2 Å². The van der Waals surface area contributed by atoms with E-state index in [-0.39, 0.29) is 0 Å². The van der Waals surface area contributed by atoms with Crippen LogP contribution >= 0.6 is 0 Å². The normalized spacial score (nSPS) is 17.3. The Kier molecular flexibility index (Phi) is 3.96. The van der Waals surface area contributed by atoms with Crippen molar-refractivity contribution in [1.82, 2.24) is 4.31 Å². The summed E-state index contributed by atoms with van der Waals surface area (Å²) in [5.41, 5.74) is 8.29. The lowest BCUT2D eigenvalue weighted by Crippen LogP contribution is -2.35. The molecule has 19 heavy (non-hydrogen) atoms. The number of benzene rings is 1. The van der Waals surface area contributed by atoms with Crippen LogP contribution in [0.3, 0.4) is 0 Å². The third-order valence-electron chi connectivity index (χ3n) is 3.49. The Hall–Kier alpha value is -1.33. The molecule has 1 heterocycles. The van der Waals surface area contributed by atoms with E-state index in [0.717, 1.165) is 12.0 Å². The highest BCUT2D eigenvalue weighted by Crippen LogP contribution is 2.25. The van der Waals surface area contributed by atoms with Crippen LogP contribution in [0, 0.1) is 0 Å². The quantitative estimate of drug-likeness (QED) is 0.682. The number of anilines is 1. The molecule has 1 aliphatic heterocycles. The van der Waals surface area contributed by atoms with Crippen LogP contribution in [0.1, 0.15) is 25.8 Å². The van der Waals surface area contributed by atoms with E-state index in [2.05, 4.69) is 0 Å². The second kappa shape index (κ2) is 5.35. The van der Waals surface area contributed by atoms with Gasteiger partial charge < -0.3 is 5.73 Å². The van der Waals surface area contributed by atoms with Gasteiger partial charge in [0.25, 0.3) is 0 Å². The van der Waals surface area contributed by atoms with Crippen molar-refractivity contribution in [3.05, 3.63) is 35.4 Å². The predicted molar refractivity (Wildman–Crippen MR) is 77.4 cm³/mol. The molecular formula is C14H20N2O2S. The van der Waals surface area contributed by atoms with E-state index in [1.165, 1.54) is 9.88 Å². The summed E-state index contributed by atoms with van der Waals surface area (Å²) in [4.78, 5) is 0.350. The van der Waals surface area contributed by atoms with Gasteiger partial charge in [-0.15, -0.1) is 0 Å². The lowest BCUT2D eigenvalue weighted by Gasteiger charge is -2.25. The van der Waals surface area contributed by atoms with Crippen LogP contribution in [0.15, 0.2) is 34.7 Å². The van der Waals surface area contributed by atoms with Gasteiger partial charge in [-0.25, -0.2) is 8.42 Å². The number of sulfonamides is 1. The van der Waals surface area contributed by atoms with Crippen molar-refractivity contribution < 1.29 is 8.42 Å². The molecule has 0 unspecified atom stereocenters. The maximum absolute atomic E-state index is 12.7. The highest BCUT2D eigenvalue weighted by molar-refractivity contribution is 7.89. The summed E-state index contributed by atoms with van der Waals surface area (Å²) in [5, 5.41) is 0. The summed E-state index contributed by atoms with van der Waals surface area (Å²) in [5.74, 6) is 0. The van der Waals surface area contributed by atoms with Crippen LogP contribution in [-0.4, -0.2) is 25.8 Å². The summed E-state index contributed by atoms with van der Waals surface area (Å²) < 4.78 is 26.9. The molecule has 0 saturated carbocycles. The van der Waals surface area contributed by atoms with Crippen molar-refractivity contribution in [2.24, 2.45) is 0 Å². The first kappa shape index (κ1) is 14.1. The fourth-order valence-corrected chi connectivity index (χ4v) is 3.92. The first-order valence-corrected chi connectivity index (χ1v) is 7.93. The SMILES string of the molecule is CCc1ccc(N)cc1S(=O)(=O)N1CC=C(C)CC1. The second-order valence-electron chi connectivity index (χ2n) is 4.88. The number of aryl methyl sites for hydroxylation is 1. The minimum atomic E-state index is -3.44. The summed E-state index contributed by atoms with van der Waals surface area (Å²) in [7, 11) is -3.44. The topological polar surface area (TPSA) is 63.4 Å². The minimum absolute atomic E-state index is 0.350. The van der Waals surface area contributed by atoms with Gasteiger partial charge in [-0.3, -0.25) is 0 Å². The summed E-state index contributed by atoms with van der Waals surface area (Å²) in [6.45, 7) is 4.97. The van der Waals surface area contributed by atoms with Gasteiger partial charge in [-0.1, -0.05) is 24.6 Å². The van der Waals surface area contributed by atoms with Crippen LogP contribution in [0.4, 0.5) is 5.69 Å². The van der Waals surface area contributed by atoms with E-state index >= 15 is 0 Å². The molecule has 0 atom stereocenters. The van der Waals surface area contributed by atoms with E-state index < -0.39 is 10.0 Å². The Morgan fingerprint density at radius 1 is 1.37 bits per heavy atom. The zero-order valence-electron chi connectivity index (χ0n) is 11.4. The van der Waals surface area contributed by atoms with Gasteiger partial charge in [-0.05, 0) is 37.5 Å². The maximum Gasteiger partial charge on any atom is 0.243 e. The molecule has 0 spiro atoms. The van der Waals surface area contributed by atoms with Crippen LogP contribution in [-0.2, 0) is 16.4 Å². The average Bonchev–Trinajstić information content (AvgIpc) is 2.39. The molecule has 0 aromatic heterocycles. The molecule has 0 radical (unpaired) electrons. The van der Waals surface area contributed by atoms with Gasteiger partial charge in [0, 0.05) is 18.8 Å². The van der Waals surface area contributed by atoms with Crippen LogP contribution in [0.2, 0.25) is 0 Å². The molecule has 0 aliphatic carbocycles. The van der Waals surface area contributed by atoms with Crippen LogP contribution < -0.4 is 5.73 Å². The van der Waals surface area contributed by atoms with Crippen molar-refractivity contribution >= 4 is 15.7 Å². The Morgan fingerprint density at radius 2 is 2.11 bits per heavy atom. The number of nitrogens with two attached hydrogens (primary N) is 1. The smallest absolute Gasteiger partial charge is 0.243 e. The highest BCUT2D eigenvalue weighted by atomic mass is 32.2. The molecule has 5 heteroatoms. The van der Waals surface area contributed by atoms with E-state index in [4.69, 9.17) is 5.73 Å². The zero-order chi connectivity index (χ0) is 14.0. The molecule has 4 nitrogen and oxygen atoms in total. The Labute approximate surface area is 115 Å². The number of hydrogen-bond donors (Lipinski definition) is 1. The molecule has 0 fully saturated rings. The molecule has 1 aliphatic rings. The lowest BCUT2D eigenvalue weighted by molar-refractivity contribution is 0.431. The molecule has 0 saturated heterocycles. The Bertz CT molecular complexity index is 606. The molecule has 1 aromatic carbocycles. The first-order valence-electron chi connectivity index (χ1n) is 6.49. The number of rotatable bonds is 3. The third-order valence-corrected chi connectivity index (χ3v) is 5.44. The number of nitrogens with zero attached hydrogens (tertiary/aromatic N) is 1. The molecular weight excluding hydrogens is 260 g/mol. The molecule has 1 aromatic rings. The van der Waals surface area contributed by atoms with Gasteiger partial charge >= 0.3 is 0 Å². The van der Waals surface area contributed by atoms with Gasteiger partial charge in [0.1, 0.15) is 0 Å². The Morgan fingerprint density at radius 3 is 2.68 bits per heavy atom. The van der Waals surface area contributed by atoms with Crippen molar-refractivity contribution in [1.29, 1.82) is 0 Å². The highest BCUT2D eigenvalue weighted by Gasteiger charge is 2.27. The average molecular weight is 280 g/mol.